The molecule has 0 radical (unpaired) electrons. The van der Waals surface area contributed by atoms with Gasteiger partial charge in [0.15, 0.2) is 0 Å². The highest BCUT2D eigenvalue weighted by atomic mass is 35.5. The van der Waals surface area contributed by atoms with Crippen LogP contribution in [0.5, 0.6) is 0 Å². The third kappa shape index (κ3) is 5.23. The lowest BCUT2D eigenvalue weighted by Gasteiger charge is -2.28. The van der Waals surface area contributed by atoms with Gasteiger partial charge in [-0.3, -0.25) is 4.79 Å². The number of carbonyl (C=O) groups is 2. The zero-order valence-electron chi connectivity index (χ0n) is 15.7. The van der Waals surface area contributed by atoms with Gasteiger partial charge in [0.1, 0.15) is 0 Å². The summed E-state index contributed by atoms with van der Waals surface area (Å²) in [5, 5.41) is 15.6. The van der Waals surface area contributed by atoms with Crippen LogP contribution in [0.1, 0.15) is 49.7 Å². The molecule has 2 amide bonds. The average molecular weight is 394 g/mol. The molecule has 1 aliphatic carbocycles. The molecule has 0 aromatic heterocycles. The van der Waals surface area contributed by atoms with E-state index in [9.17, 15) is 14.7 Å². The highest BCUT2D eigenvalue weighted by Crippen LogP contribution is 2.34. The smallest absolute Gasteiger partial charge is 0.321 e. The molecule has 1 unspecified atom stereocenters. The molecule has 1 aromatic carbocycles. The minimum atomic E-state index is -0.867. The Labute approximate surface area is 166 Å². The highest BCUT2D eigenvalue weighted by Gasteiger charge is 2.21. The van der Waals surface area contributed by atoms with Crippen LogP contribution in [-0.2, 0) is 4.79 Å². The van der Waals surface area contributed by atoms with Crippen molar-refractivity contribution < 1.29 is 14.7 Å². The second kappa shape index (κ2) is 9.76. The number of carboxylic acids is 1. The summed E-state index contributed by atoms with van der Waals surface area (Å²) in [7, 11) is 0. The number of carbonyl (C=O) groups excluding carboxylic acids is 1. The van der Waals surface area contributed by atoms with E-state index < -0.39 is 11.9 Å². The molecule has 1 saturated heterocycles. The number of aliphatic carboxylic acids is 1. The van der Waals surface area contributed by atoms with Crippen LogP contribution < -0.4 is 10.6 Å². The maximum absolute atomic E-state index is 12.7. The van der Waals surface area contributed by atoms with E-state index in [0.29, 0.717) is 24.3 Å². The van der Waals surface area contributed by atoms with E-state index in [0.717, 1.165) is 37.9 Å². The van der Waals surface area contributed by atoms with Crippen LogP contribution in [0.2, 0.25) is 0 Å². The van der Waals surface area contributed by atoms with Gasteiger partial charge in [-0.2, -0.15) is 0 Å². The second-order valence-corrected chi connectivity index (χ2v) is 7.01. The third-order valence-corrected chi connectivity index (χ3v) is 5.20. The lowest BCUT2D eigenvalue weighted by atomic mass is 9.90. The number of allylic oxidation sites excluding steroid dienone is 2. The van der Waals surface area contributed by atoms with Gasteiger partial charge in [-0.25, -0.2) is 4.79 Å². The molecule has 1 fully saturated rings. The second-order valence-electron chi connectivity index (χ2n) is 7.01. The SMILES string of the molecule is CC(C(=O)O)c1ccc(C2=CCCCC2)c(NC(=O)N2CCNCC2)c1.Cl. The van der Waals surface area contributed by atoms with Gasteiger partial charge < -0.3 is 20.6 Å². The van der Waals surface area contributed by atoms with Crippen LogP contribution in [0.15, 0.2) is 24.3 Å². The Balaban J connectivity index is 0.00000261. The molecule has 3 rings (SSSR count). The first-order valence-corrected chi connectivity index (χ1v) is 9.39. The molecule has 1 aliphatic heterocycles. The number of anilines is 1. The van der Waals surface area contributed by atoms with E-state index in [4.69, 9.17) is 0 Å². The summed E-state index contributed by atoms with van der Waals surface area (Å²) < 4.78 is 0. The average Bonchev–Trinajstić information content (AvgIpc) is 2.68. The van der Waals surface area contributed by atoms with Crippen LogP contribution in [0.25, 0.3) is 5.57 Å². The number of rotatable bonds is 4. The number of benzene rings is 1. The lowest BCUT2D eigenvalue weighted by molar-refractivity contribution is -0.138. The molecule has 1 atom stereocenters. The van der Waals surface area contributed by atoms with Gasteiger partial charge in [0.2, 0.25) is 0 Å². The van der Waals surface area contributed by atoms with Crippen molar-refractivity contribution in [3.05, 3.63) is 35.4 Å². The van der Waals surface area contributed by atoms with Crippen molar-refractivity contribution in [2.75, 3.05) is 31.5 Å². The molecule has 1 aromatic rings. The number of amides is 2. The quantitative estimate of drug-likeness (QED) is 0.728. The van der Waals surface area contributed by atoms with Gasteiger partial charge in [0, 0.05) is 31.7 Å². The van der Waals surface area contributed by atoms with Crippen molar-refractivity contribution >= 4 is 35.7 Å². The summed E-state index contributed by atoms with van der Waals surface area (Å²) in [6.07, 6.45) is 6.61. The molecule has 148 valence electrons. The predicted octanol–water partition coefficient (Wildman–Crippen LogP) is 3.69. The zero-order valence-corrected chi connectivity index (χ0v) is 16.5. The molecular weight excluding hydrogens is 366 g/mol. The number of nitrogens with zero attached hydrogens (tertiary/aromatic N) is 1. The van der Waals surface area contributed by atoms with Crippen molar-refractivity contribution in [1.82, 2.24) is 10.2 Å². The van der Waals surface area contributed by atoms with Gasteiger partial charge in [0.25, 0.3) is 0 Å². The van der Waals surface area contributed by atoms with Gasteiger partial charge in [-0.15, -0.1) is 12.4 Å². The van der Waals surface area contributed by atoms with Crippen LogP contribution in [-0.4, -0.2) is 48.2 Å². The molecular formula is C20H28ClN3O3. The van der Waals surface area contributed by atoms with Crippen molar-refractivity contribution in [2.24, 2.45) is 0 Å². The summed E-state index contributed by atoms with van der Waals surface area (Å²) in [5.41, 5.74) is 3.66. The van der Waals surface area contributed by atoms with E-state index in [1.165, 1.54) is 12.0 Å². The van der Waals surface area contributed by atoms with Crippen molar-refractivity contribution in [3.8, 4) is 0 Å². The Morgan fingerprint density at radius 1 is 1.22 bits per heavy atom. The minimum absolute atomic E-state index is 0. The molecule has 1 heterocycles. The number of piperazine rings is 1. The molecule has 27 heavy (non-hydrogen) atoms. The number of hydrogen-bond donors (Lipinski definition) is 3. The Morgan fingerprint density at radius 3 is 2.59 bits per heavy atom. The Kier molecular flexibility index (Phi) is 7.68. The summed E-state index contributed by atoms with van der Waals surface area (Å²) in [5.74, 6) is -1.48. The standard InChI is InChI=1S/C20H27N3O3.ClH/c1-14(19(24)25)16-7-8-17(15-5-3-2-4-6-15)18(13-16)22-20(26)23-11-9-21-10-12-23;/h5,7-8,13-14,21H,2-4,6,9-12H2,1H3,(H,22,26)(H,24,25);1H. The number of halogens is 1. The molecule has 0 spiro atoms. The van der Waals surface area contributed by atoms with E-state index in [2.05, 4.69) is 16.7 Å². The van der Waals surface area contributed by atoms with Crippen LogP contribution >= 0.6 is 12.4 Å². The molecule has 7 heteroatoms. The summed E-state index contributed by atoms with van der Waals surface area (Å²) in [6, 6.07) is 5.52. The first-order chi connectivity index (χ1) is 12.6. The van der Waals surface area contributed by atoms with Gasteiger partial charge in [-0.1, -0.05) is 18.2 Å². The number of nitrogens with one attached hydrogen (secondary N) is 2. The Bertz CT molecular complexity index is 714. The van der Waals surface area contributed by atoms with Crippen LogP contribution in [0.4, 0.5) is 10.5 Å². The number of urea groups is 1. The fourth-order valence-corrected chi connectivity index (χ4v) is 3.50. The summed E-state index contributed by atoms with van der Waals surface area (Å²) >= 11 is 0. The maximum Gasteiger partial charge on any atom is 0.321 e. The summed E-state index contributed by atoms with van der Waals surface area (Å²) in [6.45, 7) is 4.60. The van der Waals surface area contributed by atoms with E-state index >= 15 is 0 Å². The van der Waals surface area contributed by atoms with E-state index in [1.807, 2.05) is 18.2 Å². The first kappa shape index (κ1) is 21.3. The topological polar surface area (TPSA) is 81.7 Å². The third-order valence-electron chi connectivity index (χ3n) is 5.20. The van der Waals surface area contributed by atoms with Gasteiger partial charge >= 0.3 is 12.0 Å². The largest absolute Gasteiger partial charge is 0.481 e. The predicted molar refractivity (Wildman–Crippen MR) is 110 cm³/mol. The molecule has 0 saturated carbocycles. The molecule has 3 N–H and O–H groups in total. The fourth-order valence-electron chi connectivity index (χ4n) is 3.50. The molecule has 2 aliphatic rings. The number of carboxylic acid groups (broad SMARTS) is 1. The first-order valence-electron chi connectivity index (χ1n) is 9.39. The van der Waals surface area contributed by atoms with Gasteiger partial charge in [-0.05, 0) is 49.8 Å². The zero-order chi connectivity index (χ0) is 18.5. The van der Waals surface area contributed by atoms with Crippen molar-refractivity contribution in [3.63, 3.8) is 0 Å². The fraction of sp³-hybridized carbons (Fsp3) is 0.500. The molecule has 0 bridgehead atoms. The Morgan fingerprint density at radius 2 is 1.96 bits per heavy atom. The van der Waals surface area contributed by atoms with Crippen molar-refractivity contribution in [1.29, 1.82) is 0 Å². The maximum atomic E-state index is 12.7. The minimum Gasteiger partial charge on any atom is -0.481 e. The highest BCUT2D eigenvalue weighted by molar-refractivity contribution is 5.94. The van der Waals surface area contributed by atoms with E-state index in [-0.39, 0.29) is 18.4 Å². The monoisotopic (exact) mass is 393 g/mol. The van der Waals surface area contributed by atoms with Crippen LogP contribution in [0.3, 0.4) is 0 Å². The van der Waals surface area contributed by atoms with Crippen molar-refractivity contribution in [2.45, 2.75) is 38.5 Å². The molecule has 6 nitrogen and oxygen atoms in total. The summed E-state index contributed by atoms with van der Waals surface area (Å²) in [4.78, 5) is 25.8. The van der Waals surface area contributed by atoms with Gasteiger partial charge in [0.05, 0.1) is 11.6 Å². The Hall–Kier alpha value is -2.05. The number of hydrogen-bond acceptors (Lipinski definition) is 3. The van der Waals surface area contributed by atoms with Crippen LogP contribution in [0, 0.1) is 0 Å². The lowest BCUT2D eigenvalue weighted by Crippen LogP contribution is -2.48. The normalized spacial score (nSPS) is 18.1. The van der Waals surface area contributed by atoms with E-state index in [1.54, 1.807) is 11.8 Å².